The van der Waals surface area contributed by atoms with Crippen molar-refractivity contribution >= 4 is 33.2 Å². The molecule has 1 aromatic heterocycles. The first-order valence-corrected chi connectivity index (χ1v) is 7.17. The maximum atomic E-state index is 5.95. The van der Waals surface area contributed by atoms with Crippen LogP contribution >= 0.6 is 22.9 Å². The first-order chi connectivity index (χ1) is 9.29. The van der Waals surface area contributed by atoms with E-state index in [0.717, 1.165) is 32.1 Å². The van der Waals surface area contributed by atoms with E-state index in [1.807, 2.05) is 43.3 Å². The number of fused-ring (bicyclic) bond motifs is 1. The molecule has 3 aromatic rings. The van der Waals surface area contributed by atoms with E-state index in [-0.39, 0.29) is 0 Å². The molecule has 1 radical (unpaired) electrons. The summed E-state index contributed by atoms with van der Waals surface area (Å²) in [6.07, 6.45) is 0. The standard InChI is InChI=1S/C15H11ClNOS/c1-2-18-13-8-7-12-15(19-9-17-12)14(13)10-3-5-11(16)6-4-10/h3-8H,2H2,1H3. The third-order valence-corrected chi connectivity index (χ3v) is 3.90. The zero-order valence-corrected chi connectivity index (χ0v) is 11.9. The number of nitrogens with zero attached hydrogens (tertiary/aromatic N) is 1. The van der Waals surface area contributed by atoms with Gasteiger partial charge in [0.05, 0.1) is 16.8 Å². The largest absolute Gasteiger partial charge is 0.493 e. The van der Waals surface area contributed by atoms with Crippen molar-refractivity contribution in [1.82, 2.24) is 4.98 Å². The highest BCUT2D eigenvalue weighted by Gasteiger charge is 2.13. The minimum atomic E-state index is 0.634. The van der Waals surface area contributed by atoms with Gasteiger partial charge < -0.3 is 4.74 Å². The number of halogens is 1. The van der Waals surface area contributed by atoms with Crippen LogP contribution in [0.4, 0.5) is 0 Å². The molecule has 0 saturated carbocycles. The van der Waals surface area contributed by atoms with Crippen LogP contribution in [0, 0.1) is 5.51 Å². The van der Waals surface area contributed by atoms with Gasteiger partial charge in [-0.25, -0.2) is 4.98 Å². The van der Waals surface area contributed by atoms with Crippen LogP contribution in [0.1, 0.15) is 6.92 Å². The van der Waals surface area contributed by atoms with Crippen LogP contribution in [0.25, 0.3) is 21.3 Å². The Hall–Kier alpha value is -1.58. The van der Waals surface area contributed by atoms with Crippen molar-refractivity contribution < 1.29 is 4.74 Å². The fourth-order valence-corrected chi connectivity index (χ4v) is 2.93. The average molecular weight is 289 g/mol. The van der Waals surface area contributed by atoms with E-state index >= 15 is 0 Å². The maximum absolute atomic E-state index is 5.95. The number of rotatable bonds is 3. The van der Waals surface area contributed by atoms with Crippen LogP contribution in [0.3, 0.4) is 0 Å². The molecule has 0 unspecified atom stereocenters. The average Bonchev–Trinajstić information content (AvgIpc) is 2.88. The van der Waals surface area contributed by atoms with Gasteiger partial charge in [0.25, 0.3) is 0 Å². The summed E-state index contributed by atoms with van der Waals surface area (Å²) in [6.45, 7) is 2.61. The number of ether oxygens (including phenoxy) is 1. The SMILES string of the molecule is CCOc1ccc2n[c]sc2c1-c1ccc(Cl)cc1. The van der Waals surface area contributed by atoms with Gasteiger partial charge in [-0.05, 0) is 36.8 Å². The monoisotopic (exact) mass is 288 g/mol. The third-order valence-electron chi connectivity index (χ3n) is 2.85. The van der Waals surface area contributed by atoms with Crippen LogP contribution < -0.4 is 4.74 Å². The summed E-state index contributed by atoms with van der Waals surface area (Å²) in [5.74, 6) is 0.870. The Morgan fingerprint density at radius 1 is 1.21 bits per heavy atom. The molecule has 0 fully saturated rings. The van der Waals surface area contributed by atoms with Crippen molar-refractivity contribution in [1.29, 1.82) is 0 Å². The van der Waals surface area contributed by atoms with E-state index in [2.05, 4.69) is 10.5 Å². The van der Waals surface area contributed by atoms with Crippen LogP contribution in [-0.2, 0) is 0 Å². The minimum absolute atomic E-state index is 0.634. The lowest BCUT2D eigenvalue weighted by molar-refractivity contribution is 0.342. The van der Waals surface area contributed by atoms with Crippen LogP contribution in [0.15, 0.2) is 36.4 Å². The molecule has 0 amide bonds. The van der Waals surface area contributed by atoms with E-state index in [9.17, 15) is 0 Å². The van der Waals surface area contributed by atoms with Crippen molar-refractivity contribution in [3.8, 4) is 16.9 Å². The van der Waals surface area contributed by atoms with E-state index < -0.39 is 0 Å². The fourth-order valence-electron chi connectivity index (χ4n) is 2.03. The topological polar surface area (TPSA) is 22.1 Å². The molecule has 1 heterocycles. The summed E-state index contributed by atoms with van der Waals surface area (Å²) in [7, 11) is 0. The minimum Gasteiger partial charge on any atom is -0.493 e. The van der Waals surface area contributed by atoms with Gasteiger partial charge in [-0.1, -0.05) is 23.7 Å². The second kappa shape index (κ2) is 5.19. The van der Waals surface area contributed by atoms with Gasteiger partial charge in [-0.3, -0.25) is 0 Å². The zero-order chi connectivity index (χ0) is 13.2. The lowest BCUT2D eigenvalue weighted by atomic mass is 10.0. The summed E-state index contributed by atoms with van der Waals surface area (Å²) in [5, 5.41) is 0.727. The Kier molecular flexibility index (Phi) is 3.40. The van der Waals surface area contributed by atoms with Gasteiger partial charge in [0.2, 0.25) is 0 Å². The van der Waals surface area contributed by atoms with Gasteiger partial charge in [-0.2, -0.15) is 0 Å². The van der Waals surface area contributed by atoms with Crippen molar-refractivity contribution in [3.63, 3.8) is 0 Å². The quantitative estimate of drug-likeness (QED) is 0.689. The van der Waals surface area contributed by atoms with Gasteiger partial charge in [0, 0.05) is 10.6 Å². The molecule has 0 bridgehead atoms. The number of thiazole rings is 1. The molecule has 95 valence electrons. The van der Waals surface area contributed by atoms with Crippen LogP contribution in [0.5, 0.6) is 5.75 Å². The molecule has 0 aliphatic heterocycles. The Bertz CT molecular complexity index is 706. The molecule has 4 heteroatoms. The number of benzene rings is 2. The maximum Gasteiger partial charge on any atom is 0.153 e. The van der Waals surface area contributed by atoms with Crippen LogP contribution in [0.2, 0.25) is 5.02 Å². The number of hydrogen-bond donors (Lipinski definition) is 0. The van der Waals surface area contributed by atoms with Crippen molar-refractivity contribution in [2.45, 2.75) is 6.92 Å². The summed E-state index contributed by atoms with van der Waals surface area (Å²) in [5.41, 5.74) is 6.03. The highest BCUT2D eigenvalue weighted by Crippen LogP contribution is 2.39. The highest BCUT2D eigenvalue weighted by molar-refractivity contribution is 7.17. The second-order valence-corrected chi connectivity index (χ2v) is 5.26. The Morgan fingerprint density at radius 2 is 2.00 bits per heavy atom. The summed E-state index contributed by atoms with van der Waals surface area (Å²) in [6, 6.07) is 11.7. The van der Waals surface area contributed by atoms with E-state index in [1.165, 1.54) is 11.3 Å². The van der Waals surface area contributed by atoms with Gasteiger partial charge in [0.1, 0.15) is 5.75 Å². The molecule has 3 rings (SSSR count). The van der Waals surface area contributed by atoms with Gasteiger partial charge in [-0.15, -0.1) is 11.3 Å². The number of aromatic nitrogens is 1. The Labute approximate surface area is 120 Å². The molecule has 0 N–H and O–H groups in total. The lowest BCUT2D eigenvalue weighted by Gasteiger charge is -2.11. The molecule has 0 aliphatic carbocycles. The lowest BCUT2D eigenvalue weighted by Crippen LogP contribution is -1.94. The third kappa shape index (κ3) is 2.31. The molecule has 2 aromatic carbocycles. The Balaban J connectivity index is 2.26. The first-order valence-electron chi connectivity index (χ1n) is 5.98. The van der Waals surface area contributed by atoms with E-state index in [4.69, 9.17) is 16.3 Å². The molecular formula is C15H11ClNOS. The number of hydrogen-bond acceptors (Lipinski definition) is 3. The van der Waals surface area contributed by atoms with Gasteiger partial charge in [0.15, 0.2) is 5.51 Å². The zero-order valence-electron chi connectivity index (χ0n) is 10.3. The molecule has 0 atom stereocenters. The van der Waals surface area contributed by atoms with E-state index in [1.54, 1.807) is 0 Å². The molecule has 0 saturated heterocycles. The predicted octanol–water partition coefficient (Wildman–Crippen LogP) is 4.82. The van der Waals surface area contributed by atoms with Crippen molar-refractivity contribution in [3.05, 3.63) is 46.9 Å². The van der Waals surface area contributed by atoms with Gasteiger partial charge >= 0.3 is 0 Å². The fraction of sp³-hybridized carbons (Fsp3) is 0.133. The summed E-state index contributed by atoms with van der Waals surface area (Å²) < 4.78 is 6.82. The smallest absolute Gasteiger partial charge is 0.153 e. The predicted molar refractivity (Wildman–Crippen MR) is 80.1 cm³/mol. The van der Waals surface area contributed by atoms with Crippen molar-refractivity contribution in [2.24, 2.45) is 0 Å². The highest BCUT2D eigenvalue weighted by atomic mass is 35.5. The first kappa shape index (κ1) is 12.5. The molecule has 2 nitrogen and oxygen atoms in total. The molecule has 19 heavy (non-hydrogen) atoms. The molecule has 0 spiro atoms. The Morgan fingerprint density at radius 3 is 2.74 bits per heavy atom. The molecular weight excluding hydrogens is 278 g/mol. The van der Waals surface area contributed by atoms with Crippen LogP contribution in [-0.4, -0.2) is 11.6 Å². The molecule has 0 aliphatic rings. The van der Waals surface area contributed by atoms with Crippen molar-refractivity contribution in [2.75, 3.05) is 6.61 Å². The van der Waals surface area contributed by atoms with E-state index in [0.29, 0.717) is 6.61 Å². The summed E-state index contributed by atoms with van der Waals surface area (Å²) in [4.78, 5) is 4.24. The summed E-state index contributed by atoms with van der Waals surface area (Å²) >= 11 is 7.45. The normalized spacial score (nSPS) is 10.8. The second-order valence-electron chi connectivity index (χ2n) is 4.03.